The first-order valence-corrected chi connectivity index (χ1v) is 10.3. The van der Waals surface area contributed by atoms with Gasteiger partial charge in [-0.1, -0.05) is 60.7 Å². The van der Waals surface area contributed by atoms with Crippen LogP contribution in [0.15, 0.2) is 60.7 Å². The van der Waals surface area contributed by atoms with Crippen LogP contribution in [0.4, 0.5) is 4.79 Å². The molecule has 0 radical (unpaired) electrons. The Kier molecular flexibility index (Phi) is 9.90. The molecule has 0 aliphatic heterocycles. The number of hydrogen-bond acceptors (Lipinski definition) is 6. The normalized spacial score (nSPS) is 12.2. The molecule has 0 spiro atoms. The van der Waals surface area contributed by atoms with Crippen molar-refractivity contribution >= 4 is 23.8 Å². The van der Waals surface area contributed by atoms with Crippen molar-refractivity contribution in [2.45, 2.75) is 44.9 Å². The van der Waals surface area contributed by atoms with Gasteiger partial charge < -0.3 is 24.9 Å². The van der Waals surface area contributed by atoms with E-state index in [0.717, 1.165) is 11.1 Å². The van der Waals surface area contributed by atoms with Crippen molar-refractivity contribution in [1.29, 1.82) is 0 Å². The molecule has 0 unspecified atom stereocenters. The van der Waals surface area contributed by atoms with Crippen LogP contribution in [0.5, 0.6) is 0 Å². The SMILES string of the molecule is COC(=O)[C@H](CCC(C)=O)NC(=O)[C@@H](Cc1ccccc1)NC(=O)OCc1ccccc1. The first kappa shape index (κ1) is 24.6. The van der Waals surface area contributed by atoms with E-state index in [0.29, 0.717) is 0 Å². The third kappa shape index (κ3) is 8.59. The Balaban J connectivity index is 2.08. The monoisotopic (exact) mass is 440 g/mol. The highest BCUT2D eigenvalue weighted by atomic mass is 16.5. The number of alkyl carbamates (subject to hydrolysis) is 1. The lowest BCUT2D eigenvalue weighted by molar-refractivity contribution is -0.145. The van der Waals surface area contributed by atoms with Gasteiger partial charge in [0, 0.05) is 12.8 Å². The topological polar surface area (TPSA) is 111 Å². The van der Waals surface area contributed by atoms with E-state index in [1.807, 2.05) is 60.7 Å². The van der Waals surface area contributed by atoms with Crippen LogP contribution in [-0.4, -0.2) is 42.9 Å². The van der Waals surface area contributed by atoms with Crippen LogP contribution >= 0.6 is 0 Å². The van der Waals surface area contributed by atoms with Crippen LogP contribution < -0.4 is 10.6 Å². The van der Waals surface area contributed by atoms with Gasteiger partial charge in [0.05, 0.1) is 7.11 Å². The number of amides is 2. The standard InChI is InChI=1S/C24H28N2O6/c1-17(27)13-14-20(23(29)31-2)25-22(28)21(15-18-9-5-3-6-10-18)26-24(30)32-16-19-11-7-4-8-12-19/h3-12,20-21H,13-16H2,1-2H3,(H,25,28)(H,26,30)/t20-,21+/m0/s1. The van der Waals surface area contributed by atoms with E-state index in [4.69, 9.17) is 9.47 Å². The number of Topliss-reactive ketones (excluding diaryl/α,β-unsaturated/α-hetero) is 1. The number of benzene rings is 2. The van der Waals surface area contributed by atoms with Crippen molar-refractivity contribution in [3.8, 4) is 0 Å². The van der Waals surface area contributed by atoms with Crippen molar-refractivity contribution in [1.82, 2.24) is 10.6 Å². The number of carbonyl (C=O) groups excluding carboxylic acids is 4. The molecule has 8 heteroatoms. The summed E-state index contributed by atoms with van der Waals surface area (Å²) in [6.45, 7) is 1.45. The molecule has 0 fully saturated rings. The molecule has 0 bridgehead atoms. The van der Waals surface area contributed by atoms with Gasteiger partial charge in [-0.3, -0.25) is 4.79 Å². The van der Waals surface area contributed by atoms with Crippen molar-refractivity contribution in [2.24, 2.45) is 0 Å². The molecule has 0 aromatic heterocycles. The minimum absolute atomic E-state index is 0.0513. The van der Waals surface area contributed by atoms with Gasteiger partial charge in [0.2, 0.25) is 5.91 Å². The molecule has 0 aliphatic carbocycles. The zero-order valence-electron chi connectivity index (χ0n) is 18.2. The van der Waals surface area contributed by atoms with Gasteiger partial charge >= 0.3 is 12.1 Å². The summed E-state index contributed by atoms with van der Waals surface area (Å²) in [5.41, 5.74) is 1.62. The van der Waals surface area contributed by atoms with Gasteiger partial charge in [0.1, 0.15) is 24.5 Å². The molecule has 2 aromatic rings. The molecule has 8 nitrogen and oxygen atoms in total. The molecule has 2 atom stereocenters. The summed E-state index contributed by atoms with van der Waals surface area (Å²) in [5, 5.41) is 5.16. The number of nitrogens with one attached hydrogen (secondary N) is 2. The quantitative estimate of drug-likeness (QED) is 0.520. The number of ether oxygens (including phenoxy) is 2. The molecule has 32 heavy (non-hydrogen) atoms. The van der Waals surface area contributed by atoms with E-state index in [2.05, 4.69) is 10.6 Å². The lowest BCUT2D eigenvalue weighted by Crippen LogP contribution is -2.52. The minimum Gasteiger partial charge on any atom is -0.467 e. The van der Waals surface area contributed by atoms with E-state index in [-0.39, 0.29) is 31.7 Å². The van der Waals surface area contributed by atoms with E-state index < -0.39 is 30.1 Å². The van der Waals surface area contributed by atoms with Gasteiger partial charge in [0.25, 0.3) is 0 Å². The number of hydrogen-bond donors (Lipinski definition) is 2. The molecule has 0 aliphatic rings. The highest BCUT2D eigenvalue weighted by molar-refractivity contribution is 5.90. The third-order valence-electron chi connectivity index (χ3n) is 4.69. The fourth-order valence-corrected chi connectivity index (χ4v) is 2.98. The van der Waals surface area contributed by atoms with Gasteiger partial charge in [-0.05, 0) is 24.5 Å². The molecule has 2 rings (SSSR count). The van der Waals surface area contributed by atoms with Crippen molar-refractivity contribution in [3.63, 3.8) is 0 Å². The molecule has 0 saturated heterocycles. The van der Waals surface area contributed by atoms with E-state index in [1.165, 1.54) is 14.0 Å². The first-order valence-electron chi connectivity index (χ1n) is 10.3. The number of methoxy groups -OCH3 is 1. The van der Waals surface area contributed by atoms with Crippen LogP contribution in [-0.2, 0) is 36.9 Å². The third-order valence-corrected chi connectivity index (χ3v) is 4.69. The Morgan fingerprint density at radius 1 is 0.844 bits per heavy atom. The second-order valence-electron chi connectivity index (χ2n) is 7.27. The van der Waals surface area contributed by atoms with Crippen LogP contribution in [0.2, 0.25) is 0 Å². The molecular formula is C24H28N2O6. The predicted molar refractivity (Wildman–Crippen MR) is 118 cm³/mol. The van der Waals surface area contributed by atoms with Crippen LogP contribution in [0.1, 0.15) is 30.9 Å². The second kappa shape index (κ2) is 12.9. The summed E-state index contributed by atoms with van der Waals surface area (Å²) < 4.78 is 9.97. The maximum Gasteiger partial charge on any atom is 0.408 e. The van der Waals surface area contributed by atoms with Crippen LogP contribution in [0.25, 0.3) is 0 Å². The molecule has 170 valence electrons. The number of esters is 1. The summed E-state index contributed by atoms with van der Waals surface area (Å²) in [4.78, 5) is 48.7. The summed E-state index contributed by atoms with van der Waals surface area (Å²) in [6, 6.07) is 16.3. The zero-order chi connectivity index (χ0) is 23.3. The Morgan fingerprint density at radius 3 is 2.00 bits per heavy atom. The minimum atomic E-state index is -1.00. The summed E-state index contributed by atoms with van der Waals surface area (Å²) in [6.07, 6.45) is -0.364. The fraction of sp³-hybridized carbons (Fsp3) is 0.333. The van der Waals surface area contributed by atoms with Gasteiger partial charge in [-0.15, -0.1) is 0 Å². The molecule has 0 saturated carbocycles. The van der Waals surface area contributed by atoms with E-state index in [9.17, 15) is 19.2 Å². The molecule has 2 aromatic carbocycles. The summed E-state index contributed by atoms with van der Waals surface area (Å²) >= 11 is 0. The summed E-state index contributed by atoms with van der Waals surface area (Å²) in [7, 11) is 1.20. The maximum absolute atomic E-state index is 13.0. The van der Waals surface area contributed by atoms with Crippen LogP contribution in [0.3, 0.4) is 0 Å². The average molecular weight is 440 g/mol. The molecular weight excluding hydrogens is 412 g/mol. The fourth-order valence-electron chi connectivity index (χ4n) is 2.98. The van der Waals surface area contributed by atoms with E-state index >= 15 is 0 Å². The number of ketones is 1. The lowest BCUT2D eigenvalue weighted by Gasteiger charge is -2.22. The lowest BCUT2D eigenvalue weighted by atomic mass is 10.0. The highest BCUT2D eigenvalue weighted by Gasteiger charge is 2.28. The van der Waals surface area contributed by atoms with Crippen molar-refractivity contribution in [3.05, 3.63) is 71.8 Å². The Hall–Kier alpha value is -3.68. The van der Waals surface area contributed by atoms with Crippen LogP contribution in [0, 0.1) is 0 Å². The second-order valence-corrected chi connectivity index (χ2v) is 7.27. The van der Waals surface area contributed by atoms with Crippen molar-refractivity contribution < 1.29 is 28.7 Å². The number of rotatable bonds is 11. The Labute approximate surface area is 187 Å². The average Bonchev–Trinajstić information content (AvgIpc) is 2.80. The first-order chi connectivity index (χ1) is 15.4. The maximum atomic E-state index is 13.0. The zero-order valence-corrected chi connectivity index (χ0v) is 18.2. The molecule has 2 amide bonds. The van der Waals surface area contributed by atoms with Gasteiger partial charge in [0.15, 0.2) is 0 Å². The Morgan fingerprint density at radius 2 is 1.44 bits per heavy atom. The molecule has 0 heterocycles. The van der Waals surface area contributed by atoms with Crippen molar-refractivity contribution in [2.75, 3.05) is 7.11 Å². The predicted octanol–water partition coefficient (Wildman–Crippen LogP) is 2.55. The van der Waals surface area contributed by atoms with Gasteiger partial charge in [-0.25, -0.2) is 9.59 Å². The van der Waals surface area contributed by atoms with E-state index in [1.54, 1.807) is 0 Å². The highest BCUT2D eigenvalue weighted by Crippen LogP contribution is 2.07. The molecule has 2 N–H and O–H groups in total. The summed E-state index contributed by atoms with van der Waals surface area (Å²) in [5.74, 6) is -1.36. The largest absolute Gasteiger partial charge is 0.467 e. The Bertz CT molecular complexity index is 901. The smallest absolute Gasteiger partial charge is 0.408 e. The number of carbonyl (C=O) groups is 4. The van der Waals surface area contributed by atoms with Gasteiger partial charge in [-0.2, -0.15) is 0 Å².